The molecular weight excluding hydrogens is 453 g/mol. The quantitative estimate of drug-likeness (QED) is 0.541. The number of nitrogens with one attached hydrogen (secondary N) is 2. The van der Waals surface area contributed by atoms with Crippen molar-refractivity contribution in [1.82, 2.24) is 14.9 Å². The van der Waals surface area contributed by atoms with Gasteiger partial charge in [-0.15, -0.1) is 0 Å². The lowest BCUT2D eigenvalue weighted by Crippen LogP contribution is -2.45. The van der Waals surface area contributed by atoms with Gasteiger partial charge in [-0.1, -0.05) is 12.1 Å². The summed E-state index contributed by atoms with van der Waals surface area (Å²) in [6, 6.07) is 9.56. The van der Waals surface area contributed by atoms with Crippen molar-refractivity contribution in [2.45, 2.75) is 32.4 Å². The number of halogens is 1. The van der Waals surface area contributed by atoms with Crippen molar-refractivity contribution < 1.29 is 18.7 Å². The molecule has 0 radical (unpaired) electrons. The van der Waals surface area contributed by atoms with Crippen molar-refractivity contribution in [1.29, 1.82) is 0 Å². The summed E-state index contributed by atoms with van der Waals surface area (Å²) < 4.78 is 21.6. The zero-order valence-electron chi connectivity index (χ0n) is 19.3. The van der Waals surface area contributed by atoms with E-state index in [1.165, 1.54) is 10.6 Å². The van der Waals surface area contributed by atoms with Crippen molar-refractivity contribution in [2.75, 3.05) is 36.5 Å². The van der Waals surface area contributed by atoms with Gasteiger partial charge in [-0.3, -0.25) is 24.3 Å². The van der Waals surface area contributed by atoms with Crippen LogP contribution in [0.15, 0.2) is 41.2 Å². The van der Waals surface area contributed by atoms with E-state index in [1.54, 1.807) is 31.2 Å². The molecule has 2 aliphatic rings. The van der Waals surface area contributed by atoms with Gasteiger partial charge in [0.1, 0.15) is 17.7 Å². The van der Waals surface area contributed by atoms with Crippen LogP contribution in [-0.4, -0.2) is 47.7 Å². The average Bonchev–Trinajstić information content (AvgIpc) is 2.85. The molecule has 182 valence electrons. The minimum Gasteiger partial charge on any atom is -0.380 e. The number of ether oxygens (including phenoxy) is 1. The Bertz CT molecular complexity index is 1370. The first kappa shape index (κ1) is 23.0. The summed E-state index contributed by atoms with van der Waals surface area (Å²) in [4.78, 5) is 44.1. The van der Waals surface area contributed by atoms with Crippen LogP contribution in [0.4, 0.5) is 15.8 Å². The van der Waals surface area contributed by atoms with Gasteiger partial charge in [0.2, 0.25) is 11.8 Å². The number of aromatic nitrogens is 2. The average molecular weight is 480 g/mol. The standard InChI is InChI=1S/C25H26FN5O4/c1-15-28-20-4-2-3-19(23(20)25(34)31(15)21-7-8-22(32)29-24(21)33)27-14-16-5-6-17(13-18(16)26)30-9-11-35-12-10-30/h2-6,13,21,27H,7-12,14H2,1H3,(H,29,32,33). The Morgan fingerprint density at radius 1 is 1.17 bits per heavy atom. The highest BCUT2D eigenvalue weighted by Gasteiger charge is 2.30. The Balaban J connectivity index is 1.43. The van der Waals surface area contributed by atoms with Gasteiger partial charge >= 0.3 is 0 Å². The summed E-state index contributed by atoms with van der Waals surface area (Å²) in [6.07, 6.45) is 0.384. The largest absolute Gasteiger partial charge is 0.380 e. The molecule has 0 saturated carbocycles. The number of carbonyl (C=O) groups is 2. The zero-order chi connectivity index (χ0) is 24.5. The Labute approximate surface area is 200 Å². The van der Waals surface area contributed by atoms with Crippen LogP contribution in [0, 0.1) is 12.7 Å². The monoisotopic (exact) mass is 479 g/mol. The third kappa shape index (κ3) is 4.49. The van der Waals surface area contributed by atoms with E-state index in [4.69, 9.17) is 4.74 Å². The number of carbonyl (C=O) groups excluding carboxylic acids is 2. The predicted molar refractivity (Wildman–Crippen MR) is 129 cm³/mol. The number of piperidine rings is 1. The molecule has 2 amide bonds. The highest BCUT2D eigenvalue weighted by Crippen LogP contribution is 2.25. The summed E-state index contributed by atoms with van der Waals surface area (Å²) >= 11 is 0. The molecule has 2 saturated heterocycles. The van der Waals surface area contributed by atoms with Gasteiger partial charge in [0.15, 0.2) is 0 Å². The maximum atomic E-state index is 14.9. The number of nitrogens with zero attached hydrogens (tertiary/aromatic N) is 3. The number of morpholine rings is 1. The second-order valence-corrected chi connectivity index (χ2v) is 8.73. The highest BCUT2D eigenvalue weighted by atomic mass is 19.1. The van der Waals surface area contributed by atoms with E-state index in [9.17, 15) is 18.8 Å². The van der Waals surface area contributed by atoms with Gasteiger partial charge in [-0.2, -0.15) is 0 Å². The maximum Gasteiger partial charge on any atom is 0.264 e. The first-order valence-corrected chi connectivity index (χ1v) is 11.6. The molecule has 2 aliphatic heterocycles. The normalized spacial score (nSPS) is 18.6. The lowest BCUT2D eigenvalue weighted by molar-refractivity contribution is -0.135. The van der Waals surface area contributed by atoms with E-state index >= 15 is 0 Å². The number of imide groups is 1. The minimum atomic E-state index is -0.810. The fourth-order valence-corrected chi connectivity index (χ4v) is 4.68. The van der Waals surface area contributed by atoms with Crippen LogP contribution in [0.5, 0.6) is 0 Å². The first-order valence-electron chi connectivity index (χ1n) is 11.6. The molecular formula is C25H26FN5O4. The van der Waals surface area contributed by atoms with E-state index in [0.29, 0.717) is 41.2 Å². The Morgan fingerprint density at radius 3 is 2.71 bits per heavy atom. The Kier molecular flexibility index (Phi) is 6.21. The lowest BCUT2D eigenvalue weighted by Gasteiger charge is -2.29. The van der Waals surface area contributed by atoms with Crippen molar-refractivity contribution >= 4 is 34.1 Å². The van der Waals surface area contributed by atoms with Gasteiger partial charge in [-0.05, 0) is 37.6 Å². The molecule has 1 atom stereocenters. The van der Waals surface area contributed by atoms with Crippen molar-refractivity contribution in [3.05, 3.63) is 64.0 Å². The molecule has 0 aliphatic carbocycles. The summed E-state index contributed by atoms with van der Waals surface area (Å²) in [6.45, 7) is 4.51. The van der Waals surface area contributed by atoms with Crippen LogP contribution < -0.4 is 21.1 Å². The summed E-state index contributed by atoms with van der Waals surface area (Å²) in [5, 5.41) is 5.78. The topological polar surface area (TPSA) is 106 Å². The van der Waals surface area contributed by atoms with Gasteiger partial charge in [-0.25, -0.2) is 9.37 Å². The molecule has 2 aromatic carbocycles. The zero-order valence-corrected chi connectivity index (χ0v) is 19.3. The van der Waals surface area contributed by atoms with Crippen molar-refractivity contribution in [3.8, 4) is 0 Å². The smallest absolute Gasteiger partial charge is 0.264 e. The Hall–Kier alpha value is -3.79. The SMILES string of the molecule is Cc1nc2cccc(NCc3ccc(N4CCOCC4)cc3F)c2c(=O)n1C1CCC(=O)NC1=O. The second kappa shape index (κ2) is 9.46. The van der Waals surface area contributed by atoms with Gasteiger partial charge in [0.05, 0.1) is 24.1 Å². The molecule has 2 fully saturated rings. The molecule has 2 N–H and O–H groups in total. The molecule has 5 rings (SSSR count). The third-order valence-electron chi connectivity index (χ3n) is 6.51. The number of aryl methyl sites for hydroxylation is 1. The molecule has 9 nitrogen and oxygen atoms in total. The number of benzene rings is 2. The molecule has 3 aromatic rings. The fraction of sp³-hybridized carbons (Fsp3) is 0.360. The molecule has 0 spiro atoms. The van der Waals surface area contributed by atoms with Crippen LogP contribution >= 0.6 is 0 Å². The summed E-state index contributed by atoms with van der Waals surface area (Å²) in [5.41, 5.74) is 1.87. The van der Waals surface area contributed by atoms with Crippen LogP contribution in [-0.2, 0) is 20.9 Å². The summed E-state index contributed by atoms with van der Waals surface area (Å²) in [7, 11) is 0. The number of hydrogen-bond acceptors (Lipinski definition) is 7. The molecule has 1 aromatic heterocycles. The van der Waals surface area contributed by atoms with Crippen LogP contribution in [0.2, 0.25) is 0 Å². The number of fused-ring (bicyclic) bond motifs is 1. The molecule has 35 heavy (non-hydrogen) atoms. The minimum absolute atomic E-state index is 0.153. The van der Waals surface area contributed by atoms with E-state index < -0.39 is 11.9 Å². The maximum absolute atomic E-state index is 14.9. The predicted octanol–water partition coefficient (Wildman–Crippen LogP) is 2.27. The number of hydrogen-bond donors (Lipinski definition) is 2. The third-order valence-corrected chi connectivity index (χ3v) is 6.51. The second-order valence-electron chi connectivity index (χ2n) is 8.73. The number of amides is 2. The lowest BCUT2D eigenvalue weighted by atomic mass is 10.1. The first-order chi connectivity index (χ1) is 16.9. The molecule has 0 bridgehead atoms. The van der Waals surface area contributed by atoms with Crippen molar-refractivity contribution in [2.24, 2.45) is 0 Å². The highest BCUT2D eigenvalue weighted by molar-refractivity contribution is 5.99. The Morgan fingerprint density at radius 2 is 1.97 bits per heavy atom. The van der Waals surface area contributed by atoms with E-state index in [2.05, 4.69) is 20.5 Å². The van der Waals surface area contributed by atoms with Crippen molar-refractivity contribution in [3.63, 3.8) is 0 Å². The van der Waals surface area contributed by atoms with Gasteiger partial charge < -0.3 is 15.0 Å². The fourth-order valence-electron chi connectivity index (χ4n) is 4.68. The van der Waals surface area contributed by atoms with Gasteiger partial charge in [0, 0.05) is 43.0 Å². The van der Waals surface area contributed by atoms with Crippen LogP contribution in [0.3, 0.4) is 0 Å². The van der Waals surface area contributed by atoms with Crippen LogP contribution in [0.25, 0.3) is 10.9 Å². The summed E-state index contributed by atoms with van der Waals surface area (Å²) in [5.74, 6) is -0.814. The molecule has 3 heterocycles. The number of rotatable bonds is 5. The van der Waals surface area contributed by atoms with Gasteiger partial charge in [0.25, 0.3) is 5.56 Å². The number of anilines is 2. The molecule has 10 heteroatoms. The van der Waals surface area contributed by atoms with E-state index in [1.807, 2.05) is 6.07 Å². The van der Waals surface area contributed by atoms with E-state index in [-0.39, 0.29) is 36.7 Å². The van der Waals surface area contributed by atoms with E-state index in [0.717, 1.165) is 18.8 Å². The van der Waals surface area contributed by atoms with Crippen LogP contribution in [0.1, 0.15) is 30.3 Å². The molecule has 1 unspecified atom stereocenters.